The first kappa shape index (κ1) is 13.1. The lowest BCUT2D eigenvalue weighted by Crippen LogP contribution is -2.42. The Balaban J connectivity index is 0.00000112. The summed E-state index contributed by atoms with van der Waals surface area (Å²) >= 11 is 11.9. The highest BCUT2D eigenvalue weighted by atomic mass is 35.5. The molecule has 1 heterocycles. The SMILES string of the molecule is Cl.Clc1cc(Cl)cc([C@@H]2CNCCN2)c1. The van der Waals surface area contributed by atoms with Gasteiger partial charge >= 0.3 is 0 Å². The third-order valence-corrected chi connectivity index (χ3v) is 2.76. The third-order valence-electron chi connectivity index (χ3n) is 2.33. The van der Waals surface area contributed by atoms with E-state index in [-0.39, 0.29) is 12.4 Å². The van der Waals surface area contributed by atoms with Crippen molar-refractivity contribution in [2.45, 2.75) is 6.04 Å². The Hall–Kier alpha value is 0.01000. The van der Waals surface area contributed by atoms with Gasteiger partial charge in [-0.05, 0) is 23.8 Å². The van der Waals surface area contributed by atoms with Crippen LogP contribution in [0.3, 0.4) is 0 Å². The number of hydrogen-bond donors (Lipinski definition) is 2. The number of rotatable bonds is 1. The molecule has 0 spiro atoms. The van der Waals surface area contributed by atoms with Gasteiger partial charge in [0.2, 0.25) is 0 Å². The van der Waals surface area contributed by atoms with Crippen LogP contribution in [0.1, 0.15) is 11.6 Å². The van der Waals surface area contributed by atoms with Gasteiger partial charge in [-0.15, -0.1) is 12.4 Å². The summed E-state index contributed by atoms with van der Waals surface area (Å²) in [5, 5.41) is 8.12. The maximum atomic E-state index is 5.94. The van der Waals surface area contributed by atoms with E-state index in [1.54, 1.807) is 6.07 Å². The molecule has 0 aliphatic carbocycles. The van der Waals surface area contributed by atoms with E-state index in [2.05, 4.69) is 10.6 Å². The maximum absolute atomic E-state index is 5.94. The summed E-state index contributed by atoms with van der Waals surface area (Å²) in [6.07, 6.45) is 0. The molecule has 1 aliphatic heterocycles. The second-order valence-electron chi connectivity index (χ2n) is 3.41. The van der Waals surface area contributed by atoms with Crippen LogP contribution in [0, 0.1) is 0 Å². The van der Waals surface area contributed by atoms with E-state index in [0.29, 0.717) is 16.1 Å². The van der Waals surface area contributed by atoms with Gasteiger partial charge in [0.15, 0.2) is 0 Å². The molecule has 1 atom stereocenters. The highest BCUT2D eigenvalue weighted by Crippen LogP contribution is 2.23. The number of nitrogens with one attached hydrogen (secondary N) is 2. The van der Waals surface area contributed by atoms with Crippen molar-refractivity contribution < 1.29 is 0 Å². The monoisotopic (exact) mass is 266 g/mol. The van der Waals surface area contributed by atoms with Crippen molar-refractivity contribution in [3.63, 3.8) is 0 Å². The van der Waals surface area contributed by atoms with Crippen molar-refractivity contribution in [3.8, 4) is 0 Å². The minimum absolute atomic E-state index is 0. The predicted molar refractivity (Wildman–Crippen MR) is 67.3 cm³/mol. The minimum atomic E-state index is 0. The van der Waals surface area contributed by atoms with Crippen LogP contribution in [-0.2, 0) is 0 Å². The van der Waals surface area contributed by atoms with Crippen molar-refractivity contribution in [2.24, 2.45) is 0 Å². The molecule has 2 nitrogen and oxygen atoms in total. The second kappa shape index (κ2) is 5.92. The Bertz CT molecular complexity index is 304. The molecule has 1 fully saturated rings. The first-order valence-corrected chi connectivity index (χ1v) is 5.41. The number of halogens is 3. The zero-order chi connectivity index (χ0) is 9.97. The van der Waals surface area contributed by atoms with Crippen LogP contribution in [-0.4, -0.2) is 19.6 Å². The predicted octanol–water partition coefficient (Wildman–Crippen LogP) is 2.65. The number of benzene rings is 1. The van der Waals surface area contributed by atoms with Crippen LogP contribution < -0.4 is 10.6 Å². The fourth-order valence-electron chi connectivity index (χ4n) is 1.67. The molecule has 1 aromatic carbocycles. The lowest BCUT2D eigenvalue weighted by molar-refractivity contribution is 0.430. The third kappa shape index (κ3) is 3.51. The molecular weight excluding hydrogens is 254 g/mol. The molecule has 0 radical (unpaired) electrons. The van der Waals surface area contributed by atoms with Gasteiger partial charge < -0.3 is 10.6 Å². The van der Waals surface area contributed by atoms with Crippen molar-refractivity contribution in [3.05, 3.63) is 33.8 Å². The molecule has 1 saturated heterocycles. The molecule has 0 amide bonds. The first-order chi connectivity index (χ1) is 6.75. The van der Waals surface area contributed by atoms with E-state index in [0.717, 1.165) is 25.2 Å². The average molecular weight is 268 g/mol. The summed E-state index contributed by atoms with van der Waals surface area (Å²) in [5.74, 6) is 0. The van der Waals surface area contributed by atoms with Gasteiger partial charge in [-0.2, -0.15) is 0 Å². The van der Waals surface area contributed by atoms with Crippen LogP contribution in [0.25, 0.3) is 0 Å². The molecule has 84 valence electrons. The average Bonchev–Trinajstić information content (AvgIpc) is 2.18. The fraction of sp³-hybridized carbons (Fsp3) is 0.400. The van der Waals surface area contributed by atoms with Gasteiger partial charge in [0.25, 0.3) is 0 Å². The van der Waals surface area contributed by atoms with E-state index in [4.69, 9.17) is 23.2 Å². The molecule has 2 rings (SSSR count). The van der Waals surface area contributed by atoms with Gasteiger partial charge in [0.05, 0.1) is 0 Å². The van der Waals surface area contributed by atoms with Crippen LogP contribution in [0.5, 0.6) is 0 Å². The molecule has 5 heteroatoms. The van der Waals surface area contributed by atoms with E-state index >= 15 is 0 Å². The van der Waals surface area contributed by atoms with Gasteiger partial charge in [0, 0.05) is 35.7 Å². The molecule has 1 aromatic rings. The summed E-state index contributed by atoms with van der Waals surface area (Å²) in [7, 11) is 0. The highest BCUT2D eigenvalue weighted by Gasteiger charge is 2.14. The maximum Gasteiger partial charge on any atom is 0.0448 e. The second-order valence-corrected chi connectivity index (χ2v) is 4.29. The van der Waals surface area contributed by atoms with E-state index in [1.165, 1.54) is 0 Å². The Morgan fingerprint density at radius 1 is 1.07 bits per heavy atom. The number of hydrogen-bond acceptors (Lipinski definition) is 2. The molecule has 1 aliphatic rings. The van der Waals surface area contributed by atoms with Crippen molar-refractivity contribution in [1.29, 1.82) is 0 Å². The highest BCUT2D eigenvalue weighted by molar-refractivity contribution is 6.34. The zero-order valence-corrected chi connectivity index (χ0v) is 10.4. The first-order valence-electron chi connectivity index (χ1n) is 4.66. The summed E-state index contributed by atoms with van der Waals surface area (Å²) in [6.45, 7) is 2.93. The van der Waals surface area contributed by atoms with E-state index in [9.17, 15) is 0 Å². The molecule has 0 unspecified atom stereocenters. The Labute approximate surface area is 106 Å². The van der Waals surface area contributed by atoms with Crippen LogP contribution in [0.4, 0.5) is 0 Å². The van der Waals surface area contributed by atoms with Gasteiger partial charge in [-0.3, -0.25) is 0 Å². The quantitative estimate of drug-likeness (QED) is 0.817. The van der Waals surface area contributed by atoms with E-state index < -0.39 is 0 Å². The van der Waals surface area contributed by atoms with E-state index in [1.807, 2.05) is 12.1 Å². The zero-order valence-electron chi connectivity index (χ0n) is 8.09. The minimum Gasteiger partial charge on any atom is -0.314 e. The van der Waals surface area contributed by atoms with Gasteiger partial charge in [0.1, 0.15) is 0 Å². The molecule has 0 aromatic heterocycles. The Kier molecular flexibility index (Phi) is 5.16. The molecule has 0 saturated carbocycles. The van der Waals surface area contributed by atoms with Crippen molar-refractivity contribution in [2.75, 3.05) is 19.6 Å². The van der Waals surface area contributed by atoms with Crippen molar-refractivity contribution in [1.82, 2.24) is 10.6 Å². The summed E-state index contributed by atoms with van der Waals surface area (Å²) in [6, 6.07) is 5.99. The molecule has 0 bridgehead atoms. The topological polar surface area (TPSA) is 24.1 Å². The standard InChI is InChI=1S/C10H12Cl2N2.ClH/c11-8-3-7(4-9(12)5-8)10-6-13-1-2-14-10;/h3-5,10,13-14H,1-2,6H2;1H/t10-;/m0./s1. The van der Waals surface area contributed by atoms with Crippen LogP contribution in [0.2, 0.25) is 10.0 Å². The van der Waals surface area contributed by atoms with Gasteiger partial charge in [-0.25, -0.2) is 0 Å². The van der Waals surface area contributed by atoms with Crippen molar-refractivity contribution >= 4 is 35.6 Å². The van der Waals surface area contributed by atoms with Gasteiger partial charge in [-0.1, -0.05) is 23.2 Å². The normalized spacial score (nSPS) is 20.8. The molecule has 15 heavy (non-hydrogen) atoms. The molecule has 2 N–H and O–H groups in total. The Morgan fingerprint density at radius 2 is 1.73 bits per heavy atom. The molecular formula is C10H13Cl3N2. The van der Waals surface area contributed by atoms with Crippen LogP contribution >= 0.6 is 35.6 Å². The number of piperazine rings is 1. The smallest absolute Gasteiger partial charge is 0.0448 e. The fourth-order valence-corrected chi connectivity index (χ4v) is 2.21. The largest absolute Gasteiger partial charge is 0.314 e. The summed E-state index contributed by atoms with van der Waals surface area (Å²) in [4.78, 5) is 0. The van der Waals surface area contributed by atoms with Crippen LogP contribution in [0.15, 0.2) is 18.2 Å². The lowest BCUT2D eigenvalue weighted by atomic mass is 10.1. The summed E-state index contributed by atoms with van der Waals surface area (Å²) < 4.78 is 0. The Morgan fingerprint density at radius 3 is 2.27 bits per heavy atom. The summed E-state index contributed by atoms with van der Waals surface area (Å²) in [5.41, 5.74) is 1.15. The lowest BCUT2D eigenvalue weighted by Gasteiger charge is -2.25.